The maximum Gasteiger partial charge on any atom is 0.116 e. The SMILES string of the molecule is CC1(C)c2ccccc2-c2ccc(-c3cccc(-c4cc(-c5cccc(-c6ccc7c(c6)C(C)(C)c6ccccc6-7)c5)ncn4)c3)cc21.CC1(C)c2ccccc2-c2ccc(-c3cccc(-c4cccc(-c5cc(-c6cccc(-c7cccc(-c8ccc9c(c8)C(C)(C)c8ccccc8-9)c7)c6)ncn5)c4)c3)cc21. The van der Waals surface area contributed by atoms with Gasteiger partial charge in [-0.2, -0.15) is 0 Å². The van der Waals surface area contributed by atoms with Crippen molar-refractivity contribution in [1.82, 2.24) is 19.9 Å². The van der Waals surface area contributed by atoms with E-state index in [2.05, 4.69) is 383 Å². The van der Waals surface area contributed by atoms with Crippen molar-refractivity contribution in [2.45, 2.75) is 77.0 Å². The second-order valence-corrected chi connectivity index (χ2v) is 31.8. The van der Waals surface area contributed by atoms with Crippen molar-refractivity contribution < 1.29 is 0 Å². The van der Waals surface area contributed by atoms with Crippen LogP contribution in [0.3, 0.4) is 0 Å². The van der Waals surface area contributed by atoms with E-state index >= 15 is 0 Å². The Morgan fingerprint density at radius 1 is 0.148 bits per heavy atom. The summed E-state index contributed by atoms with van der Waals surface area (Å²) in [6.07, 6.45) is 3.38. The number of hydrogen-bond acceptors (Lipinski definition) is 4. The first-order valence-corrected chi connectivity index (χ1v) is 37.8. The van der Waals surface area contributed by atoms with Gasteiger partial charge in [0.05, 0.1) is 22.8 Å². The number of benzene rings is 14. The molecule has 2 heterocycles. The summed E-state index contributed by atoms with van der Waals surface area (Å²) >= 11 is 0. The highest BCUT2D eigenvalue weighted by molar-refractivity contribution is 5.90. The van der Waals surface area contributed by atoms with Crippen molar-refractivity contribution in [3.8, 4) is 156 Å². The Hall–Kier alpha value is -12.8. The van der Waals surface area contributed by atoms with E-state index in [4.69, 9.17) is 19.9 Å². The quantitative estimate of drug-likeness (QED) is 0.137. The van der Waals surface area contributed by atoms with E-state index in [1.54, 1.807) is 12.7 Å². The molecule has 0 amide bonds. The predicted octanol–water partition coefficient (Wildman–Crippen LogP) is 26.8. The minimum Gasteiger partial charge on any atom is -0.236 e. The fourth-order valence-electron chi connectivity index (χ4n) is 18.1. The molecule has 2 aromatic heterocycles. The van der Waals surface area contributed by atoms with E-state index in [0.29, 0.717) is 0 Å². The van der Waals surface area contributed by atoms with Crippen LogP contribution in [0.5, 0.6) is 0 Å². The minimum absolute atomic E-state index is 0.0311. The van der Waals surface area contributed by atoms with Crippen LogP contribution in [-0.2, 0) is 21.7 Å². The van der Waals surface area contributed by atoms with Gasteiger partial charge in [-0.3, -0.25) is 0 Å². The molecule has 4 heteroatoms. The third-order valence-electron chi connectivity index (χ3n) is 24.0. The van der Waals surface area contributed by atoms with Gasteiger partial charge in [0, 0.05) is 43.9 Å². The van der Waals surface area contributed by atoms with Gasteiger partial charge < -0.3 is 0 Å². The molecule has 20 rings (SSSR count). The first-order chi connectivity index (χ1) is 52.5. The number of hydrogen-bond donors (Lipinski definition) is 0. The number of fused-ring (bicyclic) bond motifs is 12. The molecular weight excluding hydrogens is 1310 g/mol. The van der Waals surface area contributed by atoms with Crippen molar-refractivity contribution in [1.29, 1.82) is 0 Å². The number of aromatic nitrogens is 4. The Balaban J connectivity index is 0.000000151. The summed E-state index contributed by atoms with van der Waals surface area (Å²) in [6.45, 7) is 18.7. The van der Waals surface area contributed by atoms with Crippen LogP contribution >= 0.6 is 0 Å². The third-order valence-corrected chi connectivity index (χ3v) is 24.0. The normalized spacial score (nSPS) is 14.2. The summed E-state index contributed by atoms with van der Waals surface area (Å²) in [6, 6.07) is 120. The summed E-state index contributed by atoms with van der Waals surface area (Å²) in [7, 11) is 0. The molecular formula is C104H80N4. The lowest BCUT2D eigenvalue weighted by Crippen LogP contribution is -2.14. The van der Waals surface area contributed by atoms with Crippen molar-refractivity contribution in [3.05, 3.63) is 385 Å². The highest BCUT2D eigenvalue weighted by Crippen LogP contribution is 2.54. The van der Waals surface area contributed by atoms with Gasteiger partial charge in [0.1, 0.15) is 12.7 Å². The molecule has 516 valence electrons. The molecule has 0 fully saturated rings. The number of rotatable bonds is 10. The summed E-state index contributed by atoms with van der Waals surface area (Å²) in [5.41, 5.74) is 44.0. The Labute approximate surface area is 634 Å². The summed E-state index contributed by atoms with van der Waals surface area (Å²) in [5.74, 6) is 0. The Bertz CT molecular complexity index is 5960. The standard InChI is InChI=1S/C58H44N2.C46H36N2/c1-57(2)51-23-7-5-21-47(51)49-27-25-43(33-53(49)57)39-15-9-13-37(29-39)41-17-11-19-45(31-41)55-35-56(60-36-59-55)46-20-12-18-42(32-46)38-14-10-16-40(30-38)44-26-28-50-48-22-6-8-24-52(48)58(3,4)54(50)34-44;1-45(2)39-17-7-5-15-35(39)37-21-19-31(25-41(37)45)29-11-9-13-33(23-29)43-27-44(48-28-47-43)34-14-10-12-30(24-34)32-20-22-38-36-16-6-8-18-40(36)46(3,4)42(38)26-32/h5-36H,1-4H3;5-28H,1-4H3. The molecule has 4 nitrogen and oxygen atoms in total. The molecule has 0 saturated heterocycles. The van der Waals surface area contributed by atoms with E-state index < -0.39 is 0 Å². The Morgan fingerprint density at radius 3 is 0.546 bits per heavy atom. The second-order valence-electron chi connectivity index (χ2n) is 31.8. The van der Waals surface area contributed by atoms with Crippen LogP contribution in [0.25, 0.3) is 156 Å². The average molecular weight is 1390 g/mol. The van der Waals surface area contributed by atoms with Crippen LogP contribution in [0, 0.1) is 0 Å². The molecule has 16 aromatic rings. The van der Waals surface area contributed by atoms with Crippen molar-refractivity contribution in [2.75, 3.05) is 0 Å². The van der Waals surface area contributed by atoms with E-state index in [1.807, 2.05) is 0 Å². The van der Waals surface area contributed by atoms with Crippen LogP contribution in [0.15, 0.2) is 340 Å². The number of nitrogens with zero attached hydrogens (tertiary/aromatic N) is 4. The lowest BCUT2D eigenvalue weighted by Gasteiger charge is -2.22. The van der Waals surface area contributed by atoms with Crippen LogP contribution in [-0.4, -0.2) is 19.9 Å². The van der Waals surface area contributed by atoms with Gasteiger partial charge >= 0.3 is 0 Å². The monoisotopic (exact) mass is 1380 g/mol. The smallest absolute Gasteiger partial charge is 0.116 e. The van der Waals surface area contributed by atoms with Crippen LogP contribution < -0.4 is 0 Å². The predicted molar refractivity (Wildman–Crippen MR) is 449 cm³/mol. The molecule has 0 aliphatic heterocycles. The van der Waals surface area contributed by atoms with Crippen LogP contribution in [0.2, 0.25) is 0 Å². The molecule has 108 heavy (non-hydrogen) atoms. The zero-order chi connectivity index (χ0) is 73.2. The van der Waals surface area contributed by atoms with E-state index in [-0.39, 0.29) is 21.7 Å². The molecule has 0 bridgehead atoms. The van der Waals surface area contributed by atoms with Crippen molar-refractivity contribution in [2.24, 2.45) is 0 Å². The average Bonchev–Trinajstić information content (AvgIpc) is 1.60. The maximum absolute atomic E-state index is 4.76. The fraction of sp³-hybridized carbons (Fsp3) is 0.115. The van der Waals surface area contributed by atoms with Gasteiger partial charge in [0.15, 0.2) is 0 Å². The Kier molecular flexibility index (Phi) is 15.6. The fourth-order valence-corrected chi connectivity index (χ4v) is 18.1. The molecule has 0 saturated carbocycles. The van der Waals surface area contributed by atoms with Gasteiger partial charge in [-0.05, 0) is 229 Å². The molecule has 0 unspecified atom stereocenters. The molecule has 0 atom stereocenters. The molecule has 4 aliphatic rings. The van der Waals surface area contributed by atoms with E-state index in [9.17, 15) is 0 Å². The highest BCUT2D eigenvalue weighted by atomic mass is 14.8. The molecule has 4 aliphatic carbocycles. The third kappa shape index (κ3) is 11.1. The first kappa shape index (κ1) is 66.0. The first-order valence-electron chi connectivity index (χ1n) is 37.8. The van der Waals surface area contributed by atoms with Gasteiger partial charge in [-0.15, -0.1) is 0 Å². The zero-order valence-corrected chi connectivity index (χ0v) is 62.1. The minimum atomic E-state index is -0.0361. The van der Waals surface area contributed by atoms with Crippen LogP contribution in [0.1, 0.15) is 99.9 Å². The summed E-state index contributed by atoms with van der Waals surface area (Å²) < 4.78 is 0. The van der Waals surface area contributed by atoms with Crippen molar-refractivity contribution in [3.63, 3.8) is 0 Å². The molecule has 0 radical (unpaired) electrons. The highest BCUT2D eigenvalue weighted by Gasteiger charge is 2.39. The topological polar surface area (TPSA) is 51.6 Å². The Morgan fingerprint density at radius 2 is 0.324 bits per heavy atom. The van der Waals surface area contributed by atoms with E-state index in [1.165, 1.54) is 145 Å². The largest absolute Gasteiger partial charge is 0.236 e. The molecule has 0 N–H and O–H groups in total. The molecule has 14 aromatic carbocycles. The van der Waals surface area contributed by atoms with Gasteiger partial charge in [0.2, 0.25) is 0 Å². The van der Waals surface area contributed by atoms with Crippen LogP contribution in [0.4, 0.5) is 0 Å². The lowest BCUT2D eigenvalue weighted by molar-refractivity contribution is 0.660. The zero-order valence-electron chi connectivity index (χ0n) is 62.1. The van der Waals surface area contributed by atoms with Gasteiger partial charge in [0.25, 0.3) is 0 Å². The van der Waals surface area contributed by atoms with Gasteiger partial charge in [-0.1, -0.05) is 310 Å². The molecule has 0 spiro atoms. The van der Waals surface area contributed by atoms with E-state index in [0.717, 1.165) is 56.2 Å². The maximum atomic E-state index is 4.76. The second kappa shape index (κ2) is 25.5. The van der Waals surface area contributed by atoms with Gasteiger partial charge in [-0.25, -0.2) is 19.9 Å². The summed E-state index contributed by atoms with van der Waals surface area (Å²) in [5, 5.41) is 0. The summed E-state index contributed by atoms with van der Waals surface area (Å²) in [4.78, 5) is 19.0. The van der Waals surface area contributed by atoms with Crippen molar-refractivity contribution >= 4 is 0 Å². The lowest BCUT2D eigenvalue weighted by atomic mass is 9.81.